The maximum Gasteiger partial charge on any atom is 0.0441 e. The third kappa shape index (κ3) is 2.44. The van der Waals surface area contributed by atoms with Crippen LogP contribution in [0, 0.1) is 6.92 Å². The lowest BCUT2D eigenvalue weighted by molar-refractivity contribution is 0.520. The molecular weight excluding hydrogens is 214 g/mol. The highest BCUT2D eigenvalue weighted by Gasteiger charge is 2.26. The fourth-order valence-corrected chi connectivity index (χ4v) is 3.42. The Bertz CT molecular complexity index is 362. The van der Waals surface area contributed by atoms with Crippen LogP contribution in [0.25, 0.3) is 0 Å². The Balaban J connectivity index is 2.27. The van der Waals surface area contributed by atoms with Crippen molar-refractivity contribution in [1.82, 2.24) is 5.32 Å². The molecule has 0 aliphatic carbocycles. The molecule has 0 saturated carbocycles. The van der Waals surface area contributed by atoms with Crippen molar-refractivity contribution >= 4 is 11.8 Å². The third-order valence-electron chi connectivity index (χ3n) is 3.22. The monoisotopic (exact) mass is 235 g/mol. The highest BCUT2D eigenvalue weighted by molar-refractivity contribution is 7.99. The van der Waals surface area contributed by atoms with Crippen molar-refractivity contribution in [3.05, 3.63) is 34.9 Å². The first-order chi connectivity index (χ1) is 7.72. The molecule has 16 heavy (non-hydrogen) atoms. The zero-order valence-electron chi connectivity index (χ0n) is 10.4. The van der Waals surface area contributed by atoms with Gasteiger partial charge < -0.3 is 5.32 Å². The van der Waals surface area contributed by atoms with E-state index in [2.05, 4.69) is 56.0 Å². The Morgan fingerprint density at radius 2 is 2.25 bits per heavy atom. The summed E-state index contributed by atoms with van der Waals surface area (Å²) >= 11 is 2.06. The Labute approximate surface area is 103 Å². The number of nitrogens with one attached hydrogen (secondary N) is 1. The van der Waals surface area contributed by atoms with Gasteiger partial charge >= 0.3 is 0 Å². The van der Waals surface area contributed by atoms with Gasteiger partial charge in [0.25, 0.3) is 0 Å². The average Bonchev–Trinajstić information content (AvgIpc) is 2.28. The molecule has 0 spiro atoms. The van der Waals surface area contributed by atoms with Crippen LogP contribution in [0.2, 0.25) is 0 Å². The summed E-state index contributed by atoms with van der Waals surface area (Å²) in [5.41, 5.74) is 4.42. The highest BCUT2D eigenvalue weighted by Crippen LogP contribution is 2.37. The molecule has 1 nitrogen and oxygen atoms in total. The molecule has 88 valence electrons. The van der Waals surface area contributed by atoms with Crippen molar-refractivity contribution < 1.29 is 0 Å². The van der Waals surface area contributed by atoms with E-state index in [4.69, 9.17) is 0 Å². The van der Waals surface area contributed by atoms with Crippen LogP contribution in [0.3, 0.4) is 0 Å². The summed E-state index contributed by atoms with van der Waals surface area (Å²) in [5, 5.41) is 4.36. The molecule has 2 atom stereocenters. The van der Waals surface area contributed by atoms with Crippen molar-refractivity contribution in [3.8, 4) is 0 Å². The predicted octanol–water partition coefficient (Wildman–Crippen LogP) is 3.67. The smallest absolute Gasteiger partial charge is 0.0441 e. The van der Waals surface area contributed by atoms with Crippen molar-refractivity contribution in [3.63, 3.8) is 0 Å². The molecule has 0 bridgehead atoms. The van der Waals surface area contributed by atoms with Gasteiger partial charge in [0.1, 0.15) is 0 Å². The van der Waals surface area contributed by atoms with Crippen molar-refractivity contribution in [1.29, 1.82) is 0 Å². The number of hydrogen-bond acceptors (Lipinski definition) is 2. The fourth-order valence-electron chi connectivity index (χ4n) is 2.28. The van der Waals surface area contributed by atoms with Gasteiger partial charge in [0, 0.05) is 17.0 Å². The van der Waals surface area contributed by atoms with Crippen LogP contribution in [0.1, 0.15) is 43.0 Å². The minimum Gasteiger partial charge on any atom is -0.309 e. The van der Waals surface area contributed by atoms with Crippen LogP contribution in [0.15, 0.2) is 18.2 Å². The molecule has 2 heteroatoms. The molecule has 1 N–H and O–H groups in total. The van der Waals surface area contributed by atoms with E-state index in [1.165, 1.54) is 28.9 Å². The van der Waals surface area contributed by atoms with Crippen LogP contribution in [-0.4, -0.2) is 11.8 Å². The quantitative estimate of drug-likeness (QED) is 0.858. The van der Waals surface area contributed by atoms with Gasteiger partial charge in [-0.15, -0.1) is 0 Å². The first-order valence-electron chi connectivity index (χ1n) is 6.16. The zero-order chi connectivity index (χ0) is 11.5. The van der Waals surface area contributed by atoms with Crippen LogP contribution in [-0.2, 0) is 5.75 Å². The summed E-state index contributed by atoms with van der Waals surface area (Å²) < 4.78 is 0. The maximum atomic E-state index is 3.68. The van der Waals surface area contributed by atoms with E-state index < -0.39 is 0 Å². The lowest BCUT2D eigenvalue weighted by Gasteiger charge is -2.32. The zero-order valence-corrected chi connectivity index (χ0v) is 11.2. The molecule has 1 aromatic carbocycles. The van der Waals surface area contributed by atoms with Gasteiger partial charge in [-0.3, -0.25) is 0 Å². The third-order valence-corrected chi connectivity index (χ3v) is 4.50. The van der Waals surface area contributed by atoms with Crippen LogP contribution in [0.5, 0.6) is 0 Å². The minimum absolute atomic E-state index is 0.536. The fraction of sp³-hybridized carbons (Fsp3) is 0.571. The Hall–Kier alpha value is -0.470. The Morgan fingerprint density at radius 3 is 3.00 bits per heavy atom. The Kier molecular flexibility index (Phi) is 3.93. The maximum absolute atomic E-state index is 3.68. The molecular formula is C14H21NS. The largest absolute Gasteiger partial charge is 0.309 e. The molecule has 0 fully saturated rings. The predicted molar refractivity (Wildman–Crippen MR) is 73.0 cm³/mol. The van der Waals surface area contributed by atoms with Crippen molar-refractivity contribution in [2.75, 3.05) is 6.54 Å². The topological polar surface area (TPSA) is 12.0 Å². The number of rotatable bonds is 3. The van der Waals surface area contributed by atoms with Crippen LogP contribution in [0.4, 0.5) is 0 Å². The number of benzene rings is 1. The lowest BCUT2D eigenvalue weighted by atomic mass is 9.96. The standard InChI is InChI=1S/C14H21NS/c1-4-7-15-14-11(3)16-9-12-6-5-10(2)8-13(12)14/h5-6,8,11,14-15H,4,7,9H2,1-3H3. The van der Waals surface area contributed by atoms with E-state index >= 15 is 0 Å². The highest BCUT2D eigenvalue weighted by atomic mass is 32.2. The van der Waals surface area contributed by atoms with Gasteiger partial charge in [0.15, 0.2) is 0 Å². The van der Waals surface area contributed by atoms with Crippen LogP contribution >= 0.6 is 11.8 Å². The number of aryl methyl sites for hydroxylation is 1. The minimum atomic E-state index is 0.536. The van der Waals surface area contributed by atoms with Gasteiger partial charge in [-0.05, 0) is 31.0 Å². The molecule has 1 aliphatic rings. The number of fused-ring (bicyclic) bond motifs is 1. The molecule has 2 rings (SSSR count). The van der Waals surface area contributed by atoms with Crippen molar-refractivity contribution in [2.24, 2.45) is 0 Å². The van der Waals surface area contributed by atoms with Gasteiger partial charge in [-0.2, -0.15) is 11.8 Å². The molecule has 2 unspecified atom stereocenters. The van der Waals surface area contributed by atoms with Gasteiger partial charge in [-0.1, -0.05) is 37.6 Å². The second-order valence-corrected chi connectivity index (χ2v) is 6.02. The van der Waals surface area contributed by atoms with E-state index in [-0.39, 0.29) is 0 Å². The van der Waals surface area contributed by atoms with E-state index in [1.807, 2.05) is 0 Å². The SMILES string of the molecule is CCCNC1c2cc(C)ccc2CSC1C. The summed E-state index contributed by atoms with van der Waals surface area (Å²) in [6, 6.07) is 7.42. The average molecular weight is 235 g/mol. The van der Waals surface area contributed by atoms with E-state index in [9.17, 15) is 0 Å². The molecule has 1 aromatic rings. The summed E-state index contributed by atoms with van der Waals surface area (Å²) in [5.74, 6) is 1.17. The van der Waals surface area contributed by atoms with E-state index in [1.54, 1.807) is 0 Å². The van der Waals surface area contributed by atoms with E-state index in [0.717, 1.165) is 6.54 Å². The van der Waals surface area contributed by atoms with Gasteiger partial charge in [0.2, 0.25) is 0 Å². The molecule has 0 amide bonds. The lowest BCUT2D eigenvalue weighted by Crippen LogP contribution is -2.32. The van der Waals surface area contributed by atoms with Crippen molar-refractivity contribution in [2.45, 2.75) is 44.2 Å². The van der Waals surface area contributed by atoms with Crippen LogP contribution < -0.4 is 5.32 Å². The summed E-state index contributed by atoms with van der Waals surface area (Å²) in [6.45, 7) is 7.86. The normalized spacial score (nSPS) is 24.2. The summed E-state index contributed by atoms with van der Waals surface area (Å²) in [6.07, 6.45) is 1.20. The second-order valence-electron chi connectivity index (χ2n) is 4.65. The summed E-state index contributed by atoms with van der Waals surface area (Å²) in [4.78, 5) is 0. The first kappa shape index (κ1) is 12.0. The summed E-state index contributed by atoms with van der Waals surface area (Å²) in [7, 11) is 0. The number of hydrogen-bond donors (Lipinski definition) is 1. The molecule has 1 aliphatic heterocycles. The molecule has 0 aromatic heterocycles. The molecule has 0 radical (unpaired) electrons. The van der Waals surface area contributed by atoms with E-state index in [0.29, 0.717) is 11.3 Å². The molecule has 1 heterocycles. The first-order valence-corrected chi connectivity index (χ1v) is 7.21. The second kappa shape index (κ2) is 5.24. The Morgan fingerprint density at radius 1 is 1.44 bits per heavy atom. The van der Waals surface area contributed by atoms with Gasteiger partial charge in [-0.25, -0.2) is 0 Å². The molecule has 0 saturated heterocycles. The van der Waals surface area contributed by atoms with Gasteiger partial charge in [0.05, 0.1) is 0 Å². The number of thioether (sulfide) groups is 1.